The Morgan fingerprint density at radius 3 is 2.89 bits per heavy atom. The van der Waals surface area contributed by atoms with Gasteiger partial charge in [0.25, 0.3) is 5.91 Å². The lowest BCUT2D eigenvalue weighted by Crippen LogP contribution is -2.17. The van der Waals surface area contributed by atoms with Crippen LogP contribution in [0.15, 0.2) is 30.5 Å². The minimum Gasteiger partial charge on any atom is -0.342 e. The monoisotopic (exact) mass is 283 g/mol. The second-order valence-electron chi connectivity index (χ2n) is 3.63. The molecule has 6 heteroatoms. The minimum atomic E-state index is -0.265. The second-order valence-corrected chi connectivity index (χ2v) is 4.45. The molecule has 0 fully saturated rings. The fourth-order valence-electron chi connectivity index (χ4n) is 1.59. The van der Waals surface area contributed by atoms with Gasteiger partial charge in [-0.05, 0) is 25.1 Å². The summed E-state index contributed by atoms with van der Waals surface area (Å²) in [6.07, 6.45) is 1.71. The number of pyridine rings is 1. The summed E-state index contributed by atoms with van der Waals surface area (Å²) in [7, 11) is 0. The van der Waals surface area contributed by atoms with Crippen molar-refractivity contribution in [2.45, 2.75) is 13.5 Å². The highest BCUT2D eigenvalue weighted by Gasteiger charge is 2.13. The molecule has 94 valence electrons. The lowest BCUT2D eigenvalue weighted by Gasteiger charge is -2.07. The van der Waals surface area contributed by atoms with Crippen LogP contribution in [0.4, 0.5) is 5.82 Å². The van der Waals surface area contributed by atoms with Gasteiger partial charge in [0.05, 0.1) is 5.02 Å². The van der Waals surface area contributed by atoms with Crippen LogP contribution in [0.2, 0.25) is 10.2 Å². The standard InChI is InChI=1S/C12H11Cl2N3O/c1-2-17-7-8(13)6-9(17)12(18)16-11-5-3-4-10(14)15-11/h3-7H,2H2,1H3,(H,15,16,18). The number of nitrogens with one attached hydrogen (secondary N) is 1. The third kappa shape index (κ3) is 2.83. The topological polar surface area (TPSA) is 46.9 Å². The summed E-state index contributed by atoms with van der Waals surface area (Å²) in [6.45, 7) is 2.60. The van der Waals surface area contributed by atoms with Gasteiger partial charge in [-0.25, -0.2) is 4.98 Å². The van der Waals surface area contributed by atoms with E-state index in [0.29, 0.717) is 28.2 Å². The molecule has 2 rings (SSSR count). The largest absolute Gasteiger partial charge is 0.342 e. The first-order valence-corrected chi connectivity index (χ1v) is 6.15. The summed E-state index contributed by atoms with van der Waals surface area (Å²) >= 11 is 11.6. The van der Waals surface area contributed by atoms with Crippen LogP contribution in [-0.4, -0.2) is 15.5 Å². The molecule has 0 bridgehead atoms. The van der Waals surface area contributed by atoms with Crippen molar-refractivity contribution in [2.75, 3.05) is 5.32 Å². The SMILES string of the molecule is CCn1cc(Cl)cc1C(=O)Nc1cccc(Cl)n1. The zero-order chi connectivity index (χ0) is 13.1. The molecular weight excluding hydrogens is 273 g/mol. The number of carbonyl (C=O) groups is 1. The minimum absolute atomic E-state index is 0.265. The molecule has 0 saturated heterocycles. The average Bonchev–Trinajstić information content (AvgIpc) is 2.70. The van der Waals surface area contributed by atoms with E-state index in [1.165, 1.54) is 0 Å². The lowest BCUT2D eigenvalue weighted by molar-refractivity contribution is 0.101. The van der Waals surface area contributed by atoms with E-state index in [4.69, 9.17) is 23.2 Å². The molecule has 2 aromatic heterocycles. The first-order valence-electron chi connectivity index (χ1n) is 5.39. The van der Waals surface area contributed by atoms with E-state index in [1.807, 2.05) is 6.92 Å². The molecule has 1 N–H and O–H groups in total. The molecule has 1 amide bonds. The van der Waals surface area contributed by atoms with Gasteiger partial charge < -0.3 is 9.88 Å². The van der Waals surface area contributed by atoms with E-state index in [9.17, 15) is 4.79 Å². The van der Waals surface area contributed by atoms with Crippen LogP contribution in [0.5, 0.6) is 0 Å². The lowest BCUT2D eigenvalue weighted by atomic mass is 10.4. The van der Waals surface area contributed by atoms with Crippen LogP contribution >= 0.6 is 23.2 Å². The number of halogens is 2. The smallest absolute Gasteiger partial charge is 0.273 e. The summed E-state index contributed by atoms with van der Waals surface area (Å²) in [5.41, 5.74) is 0.490. The summed E-state index contributed by atoms with van der Waals surface area (Å²) in [5, 5.41) is 3.53. The predicted molar refractivity (Wildman–Crippen MR) is 72.3 cm³/mol. The number of aromatic nitrogens is 2. The first kappa shape index (κ1) is 12.9. The van der Waals surface area contributed by atoms with Gasteiger partial charge in [0.15, 0.2) is 0 Å². The molecule has 0 aliphatic carbocycles. The van der Waals surface area contributed by atoms with Gasteiger partial charge >= 0.3 is 0 Å². The summed E-state index contributed by atoms with van der Waals surface area (Å²) in [4.78, 5) is 16.0. The van der Waals surface area contributed by atoms with Gasteiger partial charge in [-0.1, -0.05) is 29.3 Å². The number of aryl methyl sites for hydroxylation is 1. The van der Waals surface area contributed by atoms with E-state index in [0.717, 1.165) is 0 Å². The van der Waals surface area contributed by atoms with Crippen molar-refractivity contribution in [2.24, 2.45) is 0 Å². The quantitative estimate of drug-likeness (QED) is 0.877. The van der Waals surface area contributed by atoms with Crippen LogP contribution < -0.4 is 5.32 Å². The summed E-state index contributed by atoms with van der Waals surface area (Å²) < 4.78 is 1.77. The van der Waals surface area contributed by atoms with Crippen molar-refractivity contribution >= 4 is 34.9 Å². The number of carbonyl (C=O) groups excluding carboxylic acids is 1. The molecule has 0 aliphatic rings. The molecule has 0 aliphatic heterocycles. The highest BCUT2D eigenvalue weighted by Crippen LogP contribution is 2.16. The second kappa shape index (κ2) is 5.42. The molecule has 2 heterocycles. The van der Waals surface area contributed by atoms with Crippen LogP contribution in [-0.2, 0) is 6.54 Å². The molecule has 0 saturated carbocycles. The Morgan fingerprint density at radius 2 is 2.22 bits per heavy atom. The highest BCUT2D eigenvalue weighted by molar-refractivity contribution is 6.31. The Hall–Kier alpha value is -1.52. The maximum atomic E-state index is 12.0. The van der Waals surface area contributed by atoms with Crippen molar-refractivity contribution in [3.05, 3.63) is 46.3 Å². The number of hydrogen-bond acceptors (Lipinski definition) is 2. The Kier molecular flexibility index (Phi) is 3.89. The van der Waals surface area contributed by atoms with Crippen molar-refractivity contribution in [1.82, 2.24) is 9.55 Å². The van der Waals surface area contributed by atoms with Crippen LogP contribution in [0.1, 0.15) is 17.4 Å². The normalized spacial score (nSPS) is 10.4. The molecule has 0 atom stereocenters. The van der Waals surface area contributed by atoms with Gasteiger partial charge in [0.2, 0.25) is 0 Å². The Balaban J connectivity index is 2.21. The first-order chi connectivity index (χ1) is 8.60. The third-order valence-electron chi connectivity index (χ3n) is 2.39. The van der Waals surface area contributed by atoms with Gasteiger partial charge in [-0.3, -0.25) is 4.79 Å². The summed E-state index contributed by atoms with van der Waals surface area (Å²) in [6, 6.07) is 6.65. The number of hydrogen-bond donors (Lipinski definition) is 1. The maximum absolute atomic E-state index is 12.0. The molecule has 0 spiro atoms. The van der Waals surface area contributed by atoms with Crippen molar-refractivity contribution in [3.8, 4) is 0 Å². The molecular formula is C12H11Cl2N3O. The third-order valence-corrected chi connectivity index (χ3v) is 2.81. The summed E-state index contributed by atoms with van der Waals surface area (Å²) in [5.74, 6) is 0.144. The van der Waals surface area contributed by atoms with Gasteiger partial charge in [-0.15, -0.1) is 0 Å². The Bertz CT molecular complexity index is 580. The molecule has 0 radical (unpaired) electrons. The fraction of sp³-hybridized carbons (Fsp3) is 0.167. The van der Waals surface area contributed by atoms with E-state index in [2.05, 4.69) is 10.3 Å². The number of nitrogens with zero attached hydrogens (tertiary/aromatic N) is 2. The fourth-order valence-corrected chi connectivity index (χ4v) is 1.97. The van der Waals surface area contributed by atoms with E-state index in [-0.39, 0.29) is 5.91 Å². The number of amides is 1. The average molecular weight is 284 g/mol. The molecule has 4 nitrogen and oxygen atoms in total. The van der Waals surface area contributed by atoms with Crippen molar-refractivity contribution < 1.29 is 4.79 Å². The van der Waals surface area contributed by atoms with Crippen LogP contribution in [0, 0.1) is 0 Å². The van der Waals surface area contributed by atoms with Gasteiger partial charge in [0.1, 0.15) is 16.7 Å². The number of anilines is 1. The molecule has 18 heavy (non-hydrogen) atoms. The zero-order valence-corrected chi connectivity index (χ0v) is 11.2. The maximum Gasteiger partial charge on any atom is 0.273 e. The van der Waals surface area contributed by atoms with E-state index >= 15 is 0 Å². The molecule has 0 aromatic carbocycles. The zero-order valence-electron chi connectivity index (χ0n) is 9.65. The highest BCUT2D eigenvalue weighted by atomic mass is 35.5. The van der Waals surface area contributed by atoms with Crippen molar-refractivity contribution in [3.63, 3.8) is 0 Å². The van der Waals surface area contributed by atoms with Crippen LogP contribution in [0.3, 0.4) is 0 Å². The molecule has 0 unspecified atom stereocenters. The van der Waals surface area contributed by atoms with Gasteiger partial charge in [-0.2, -0.15) is 0 Å². The van der Waals surface area contributed by atoms with Gasteiger partial charge in [0, 0.05) is 12.7 Å². The van der Waals surface area contributed by atoms with E-state index in [1.54, 1.807) is 35.0 Å². The molecule has 2 aromatic rings. The Morgan fingerprint density at radius 1 is 1.44 bits per heavy atom. The predicted octanol–water partition coefficient (Wildman–Crippen LogP) is 3.46. The van der Waals surface area contributed by atoms with Crippen LogP contribution in [0.25, 0.3) is 0 Å². The van der Waals surface area contributed by atoms with E-state index < -0.39 is 0 Å². The van der Waals surface area contributed by atoms with Crippen molar-refractivity contribution in [1.29, 1.82) is 0 Å². The number of rotatable bonds is 3. The Labute approximate surface area is 115 Å².